The van der Waals surface area contributed by atoms with E-state index in [0.29, 0.717) is 17.7 Å². The predicted octanol–water partition coefficient (Wildman–Crippen LogP) is 2.05. The molecule has 106 valence electrons. The fourth-order valence-corrected chi connectivity index (χ4v) is 2.66. The van der Waals surface area contributed by atoms with Gasteiger partial charge in [-0.3, -0.25) is 4.98 Å². The molecule has 0 spiro atoms. The minimum absolute atomic E-state index is 0.112. The van der Waals surface area contributed by atoms with Gasteiger partial charge in [-0.2, -0.15) is 4.98 Å². The number of hydrogen-bond donors (Lipinski definition) is 2. The highest BCUT2D eigenvalue weighted by Gasteiger charge is 2.25. The Balaban J connectivity index is 1.88. The molecule has 2 atom stereocenters. The number of hydrogen-bond acceptors (Lipinski definition) is 5. The van der Waals surface area contributed by atoms with Crippen molar-refractivity contribution < 1.29 is 4.74 Å². The molecule has 5 nitrogen and oxygen atoms in total. The molecule has 2 rings (SSSR count). The van der Waals surface area contributed by atoms with Crippen LogP contribution in [-0.4, -0.2) is 29.2 Å². The van der Waals surface area contributed by atoms with E-state index >= 15 is 0 Å². The molecule has 0 bridgehead atoms. The van der Waals surface area contributed by atoms with E-state index in [-0.39, 0.29) is 6.10 Å². The number of nitrogens with zero attached hydrogens (tertiary/aromatic N) is 2. The molecule has 0 aliphatic heterocycles. The molecule has 1 aliphatic rings. The normalized spacial score (nSPS) is 22.7. The van der Waals surface area contributed by atoms with Gasteiger partial charge in [0.2, 0.25) is 5.88 Å². The summed E-state index contributed by atoms with van der Waals surface area (Å²) in [5.74, 6) is 2.65. The summed E-state index contributed by atoms with van der Waals surface area (Å²) in [6.07, 6.45) is 7.29. The van der Waals surface area contributed by atoms with Crippen LogP contribution in [0.2, 0.25) is 0 Å². The maximum Gasteiger partial charge on any atom is 0.234 e. The van der Waals surface area contributed by atoms with Crippen molar-refractivity contribution in [2.45, 2.75) is 39.2 Å². The lowest BCUT2D eigenvalue weighted by Crippen LogP contribution is -2.24. The first kappa shape index (κ1) is 14.1. The third kappa shape index (κ3) is 4.06. The standard InChI is InChI=1S/C14H24N4O/c1-10(2)19-14-9-16-8-13(18-14)17-7-12-5-3-4-11(12)6-15/h8-12H,3-7,15H2,1-2H3,(H,17,18). The van der Waals surface area contributed by atoms with Gasteiger partial charge in [-0.25, -0.2) is 0 Å². The number of aromatic nitrogens is 2. The van der Waals surface area contributed by atoms with Gasteiger partial charge in [0, 0.05) is 6.54 Å². The van der Waals surface area contributed by atoms with Gasteiger partial charge in [-0.1, -0.05) is 6.42 Å². The number of nitrogens with one attached hydrogen (secondary N) is 1. The minimum Gasteiger partial charge on any atom is -0.474 e. The lowest BCUT2D eigenvalue weighted by molar-refractivity contribution is 0.232. The number of anilines is 1. The Kier molecular flexibility index (Phi) is 4.96. The smallest absolute Gasteiger partial charge is 0.234 e. The maximum absolute atomic E-state index is 5.80. The topological polar surface area (TPSA) is 73.1 Å². The molecule has 0 aromatic carbocycles. The van der Waals surface area contributed by atoms with Crippen molar-refractivity contribution in [2.75, 3.05) is 18.4 Å². The zero-order valence-corrected chi connectivity index (χ0v) is 11.8. The first-order chi connectivity index (χ1) is 9.19. The van der Waals surface area contributed by atoms with Crippen LogP contribution < -0.4 is 15.8 Å². The molecule has 0 amide bonds. The van der Waals surface area contributed by atoms with E-state index in [9.17, 15) is 0 Å². The summed E-state index contributed by atoms with van der Waals surface area (Å²) < 4.78 is 5.54. The van der Waals surface area contributed by atoms with Gasteiger partial charge in [0.25, 0.3) is 0 Å². The number of nitrogens with two attached hydrogens (primary N) is 1. The Hall–Kier alpha value is -1.36. The Morgan fingerprint density at radius 1 is 1.37 bits per heavy atom. The Bertz CT molecular complexity index is 397. The fraction of sp³-hybridized carbons (Fsp3) is 0.714. The average molecular weight is 264 g/mol. The predicted molar refractivity (Wildman–Crippen MR) is 76.2 cm³/mol. The first-order valence-corrected chi connectivity index (χ1v) is 7.11. The van der Waals surface area contributed by atoms with Crippen molar-refractivity contribution in [3.8, 4) is 5.88 Å². The number of rotatable bonds is 6. The fourth-order valence-electron chi connectivity index (χ4n) is 2.66. The third-order valence-electron chi connectivity index (χ3n) is 3.63. The van der Waals surface area contributed by atoms with Crippen molar-refractivity contribution >= 4 is 5.82 Å². The Morgan fingerprint density at radius 2 is 2.16 bits per heavy atom. The van der Waals surface area contributed by atoms with Gasteiger partial charge >= 0.3 is 0 Å². The highest BCUT2D eigenvalue weighted by Crippen LogP contribution is 2.30. The molecular weight excluding hydrogens is 240 g/mol. The van der Waals surface area contributed by atoms with E-state index < -0.39 is 0 Å². The van der Waals surface area contributed by atoms with E-state index in [1.54, 1.807) is 12.4 Å². The SMILES string of the molecule is CC(C)Oc1cncc(NCC2CCCC2CN)n1. The van der Waals surface area contributed by atoms with Gasteiger partial charge in [-0.15, -0.1) is 0 Å². The molecule has 1 fully saturated rings. The maximum atomic E-state index is 5.80. The van der Waals surface area contributed by atoms with Crippen molar-refractivity contribution in [3.63, 3.8) is 0 Å². The quantitative estimate of drug-likeness (QED) is 0.822. The van der Waals surface area contributed by atoms with Crippen LogP contribution in [-0.2, 0) is 0 Å². The highest BCUT2D eigenvalue weighted by molar-refractivity contribution is 5.33. The largest absolute Gasteiger partial charge is 0.474 e. The lowest BCUT2D eigenvalue weighted by Gasteiger charge is -2.18. The van der Waals surface area contributed by atoms with Crippen LogP contribution in [0.5, 0.6) is 5.88 Å². The second-order valence-electron chi connectivity index (χ2n) is 5.48. The van der Waals surface area contributed by atoms with Crippen molar-refractivity contribution in [3.05, 3.63) is 12.4 Å². The summed E-state index contributed by atoms with van der Waals surface area (Å²) in [6, 6.07) is 0. The molecule has 5 heteroatoms. The summed E-state index contributed by atoms with van der Waals surface area (Å²) in [5.41, 5.74) is 5.80. The molecule has 1 aromatic heterocycles. The lowest BCUT2D eigenvalue weighted by atomic mass is 9.96. The van der Waals surface area contributed by atoms with Crippen LogP contribution in [0.3, 0.4) is 0 Å². The van der Waals surface area contributed by atoms with Gasteiger partial charge in [0.05, 0.1) is 18.5 Å². The van der Waals surface area contributed by atoms with Gasteiger partial charge in [0.1, 0.15) is 5.82 Å². The molecule has 0 saturated heterocycles. The van der Waals surface area contributed by atoms with Crippen LogP contribution in [0.1, 0.15) is 33.1 Å². The van der Waals surface area contributed by atoms with E-state index in [1.807, 2.05) is 13.8 Å². The summed E-state index contributed by atoms with van der Waals surface area (Å²) in [4.78, 5) is 8.55. The van der Waals surface area contributed by atoms with Crippen LogP contribution in [0, 0.1) is 11.8 Å². The Labute approximate surface area is 115 Å². The van der Waals surface area contributed by atoms with Crippen molar-refractivity contribution in [2.24, 2.45) is 17.6 Å². The minimum atomic E-state index is 0.112. The molecule has 1 saturated carbocycles. The molecule has 1 aromatic rings. The molecule has 1 aliphatic carbocycles. The van der Waals surface area contributed by atoms with E-state index in [2.05, 4.69) is 15.3 Å². The van der Waals surface area contributed by atoms with Crippen LogP contribution in [0.25, 0.3) is 0 Å². The molecule has 19 heavy (non-hydrogen) atoms. The van der Waals surface area contributed by atoms with Gasteiger partial charge in [0.15, 0.2) is 0 Å². The van der Waals surface area contributed by atoms with E-state index in [1.165, 1.54) is 19.3 Å². The number of ether oxygens (including phenoxy) is 1. The molecule has 1 heterocycles. The summed E-state index contributed by atoms with van der Waals surface area (Å²) in [6.45, 7) is 5.66. The third-order valence-corrected chi connectivity index (χ3v) is 3.63. The zero-order valence-electron chi connectivity index (χ0n) is 11.8. The van der Waals surface area contributed by atoms with Crippen LogP contribution in [0.15, 0.2) is 12.4 Å². The molecule has 3 N–H and O–H groups in total. The summed E-state index contributed by atoms with van der Waals surface area (Å²) in [5, 5.41) is 3.36. The van der Waals surface area contributed by atoms with E-state index in [4.69, 9.17) is 10.5 Å². The average Bonchev–Trinajstić information content (AvgIpc) is 2.83. The van der Waals surface area contributed by atoms with E-state index in [0.717, 1.165) is 18.9 Å². The first-order valence-electron chi connectivity index (χ1n) is 7.11. The molecule has 0 radical (unpaired) electrons. The summed E-state index contributed by atoms with van der Waals surface area (Å²) >= 11 is 0. The molecular formula is C14H24N4O. The van der Waals surface area contributed by atoms with Crippen molar-refractivity contribution in [1.82, 2.24) is 9.97 Å². The van der Waals surface area contributed by atoms with Crippen LogP contribution in [0.4, 0.5) is 5.82 Å². The van der Waals surface area contributed by atoms with Crippen LogP contribution >= 0.6 is 0 Å². The second kappa shape index (κ2) is 6.70. The second-order valence-corrected chi connectivity index (χ2v) is 5.48. The van der Waals surface area contributed by atoms with Gasteiger partial charge in [-0.05, 0) is 45.1 Å². The summed E-state index contributed by atoms with van der Waals surface area (Å²) in [7, 11) is 0. The van der Waals surface area contributed by atoms with Gasteiger partial charge < -0.3 is 15.8 Å². The molecule has 2 unspecified atom stereocenters. The highest BCUT2D eigenvalue weighted by atomic mass is 16.5. The van der Waals surface area contributed by atoms with Crippen molar-refractivity contribution in [1.29, 1.82) is 0 Å². The monoisotopic (exact) mass is 264 g/mol. The Morgan fingerprint density at radius 3 is 2.89 bits per heavy atom. The zero-order chi connectivity index (χ0) is 13.7.